The van der Waals surface area contributed by atoms with E-state index in [4.69, 9.17) is 4.74 Å². The fourth-order valence-corrected chi connectivity index (χ4v) is 2.48. The van der Waals surface area contributed by atoms with E-state index in [0.29, 0.717) is 17.0 Å². The SMILES string of the molecule is CC(=O)NCc1ccc(C(=O)COC(=O)c2ccncc2)s1. The Labute approximate surface area is 131 Å². The molecular weight excluding hydrogens is 304 g/mol. The highest BCUT2D eigenvalue weighted by molar-refractivity contribution is 7.14. The van der Waals surface area contributed by atoms with E-state index >= 15 is 0 Å². The van der Waals surface area contributed by atoms with Crippen LogP contribution in [0, 0.1) is 0 Å². The highest BCUT2D eigenvalue weighted by atomic mass is 32.1. The van der Waals surface area contributed by atoms with Gasteiger partial charge >= 0.3 is 5.97 Å². The van der Waals surface area contributed by atoms with Crippen molar-refractivity contribution in [1.29, 1.82) is 0 Å². The van der Waals surface area contributed by atoms with Crippen molar-refractivity contribution in [3.05, 3.63) is 52.0 Å². The lowest BCUT2D eigenvalue weighted by Gasteiger charge is -2.02. The largest absolute Gasteiger partial charge is 0.454 e. The molecule has 2 aromatic heterocycles. The molecule has 0 unspecified atom stereocenters. The standard InChI is InChI=1S/C15H14N2O4S/c1-10(18)17-8-12-2-3-14(22-12)13(19)9-21-15(20)11-4-6-16-7-5-11/h2-7H,8-9H2,1H3,(H,17,18). The molecule has 0 saturated heterocycles. The average molecular weight is 318 g/mol. The second kappa shape index (κ2) is 7.46. The normalized spacial score (nSPS) is 10.0. The van der Waals surface area contributed by atoms with Crippen LogP contribution in [0.5, 0.6) is 0 Å². The molecule has 0 saturated carbocycles. The van der Waals surface area contributed by atoms with E-state index in [-0.39, 0.29) is 18.3 Å². The summed E-state index contributed by atoms with van der Waals surface area (Å²) in [5, 5.41) is 2.65. The summed E-state index contributed by atoms with van der Waals surface area (Å²) in [5.74, 6) is -0.972. The van der Waals surface area contributed by atoms with Crippen molar-refractivity contribution in [3.63, 3.8) is 0 Å². The quantitative estimate of drug-likeness (QED) is 0.648. The number of rotatable bonds is 6. The van der Waals surface area contributed by atoms with Gasteiger partial charge < -0.3 is 10.1 Å². The summed E-state index contributed by atoms with van der Waals surface area (Å²) in [5.41, 5.74) is 0.348. The van der Waals surface area contributed by atoms with E-state index in [1.165, 1.54) is 42.8 Å². The number of hydrogen-bond acceptors (Lipinski definition) is 6. The van der Waals surface area contributed by atoms with Crippen LogP contribution < -0.4 is 5.32 Å². The molecular formula is C15H14N2O4S. The van der Waals surface area contributed by atoms with Crippen LogP contribution in [0.15, 0.2) is 36.7 Å². The van der Waals surface area contributed by atoms with Crippen molar-refractivity contribution in [2.45, 2.75) is 13.5 Å². The van der Waals surface area contributed by atoms with Crippen LogP contribution in [0.3, 0.4) is 0 Å². The number of ketones is 1. The molecule has 0 bridgehead atoms. The molecule has 114 valence electrons. The summed E-state index contributed by atoms with van der Waals surface area (Å²) in [7, 11) is 0. The summed E-state index contributed by atoms with van der Waals surface area (Å²) < 4.78 is 4.97. The van der Waals surface area contributed by atoms with Crippen molar-refractivity contribution in [1.82, 2.24) is 10.3 Å². The molecule has 6 nitrogen and oxygen atoms in total. The van der Waals surface area contributed by atoms with Gasteiger partial charge in [-0.05, 0) is 24.3 Å². The number of carbonyl (C=O) groups is 3. The molecule has 0 aliphatic heterocycles. The first-order valence-electron chi connectivity index (χ1n) is 6.50. The maximum atomic E-state index is 12.0. The van der Waals surface area contributed by atoms with Gasteiger partial charge in [-0.25, -0.2) is 4.79 Å². The lowest BCUT2D eigenvalue weighted by Crippen LogP contribution is -2.18. The topological polar surface area (TPSA) is 85.4 Å². The van der Waals surface area contributed by atoms with Crippen LogP contribution in [0.4, 0.5) is 0 Å². The number of hydrogen-bond donors (Lipinski definition) is 1. The van der Waals surface area contributed by atoms with Crippen LogP contribution in [0.2, 0.25) is 0 Å². The third kappa shape index (κ3) is 4.49. The van der Waals surface area contributed by atoms with Gasteiger partial charge in [-0.2, -0.15) is 0 Å². The van der Waals surface area contributed by atoms with Gasteiger partial charge in [0, 0.05) is 24.2 Å². The molecule has 2 rings (SSSR count). The second-order valence-corrected chi connectivity index (χ2v) is 5.58. The minimum atomic E-state index is -0.564. The highest BCUT2D eigenvalue weighted by Gasteiger charge is 2.13. The molecule has 0 aliphatic rings. The van der Waals surface area contributed by atoms with Gasteiger partial charge in [0.1, 0.15) is 0 Å². The van der Waals surface area contributed by atoms with Gasteiger partial charge in [0.15, 0.2) is 6.61 Å². The minimum absolute atomic E-state index is 0.132. The predicted molar refractivity (Wildman–Crippen MR) is 80.7 cm³/mol. The first kappa shape index (κ1) is 15.8. The van der Waals surface area contributed by atoms with E-state index in [1.807, 2.05) is 0 Å². The zero-order valence-corrected chi connectivity index (χ0v) is 12.7. The fraction of sp³-hybridized carbons (Fsp3) is 0.200. The molecule has 0 spiro atoms. The van der Waals surface area contributed by atoms with E-state index in [2.05, 4.69) is 10.3 Å². The summed E-state index contributed by atoms with van der Waals surface area (Å²) in [6.45, 7) is 1.49. The number of thiophene rings is 1. The number of pyridine rings is 1. The Morgan fingerprint density at radius 1 is 1.18 bits per heavy atom. The molecule has 7 heteroatoms. The lowest BCUT2D eigenvalue weighted by atomic mass is 10.3. The Hall–Kier alpha value is -2.54. The average Bonchev–Trinajstić information content (AvgIpc) is 3.00. The van der Waals surface area contributed by atoms with Crippen LogP contribution in [0.25, 0.3) is 0 Å². The maximum absolute atomic E-state index is 12.0. The molecule has 1 N–H and O–H groups in total. The first-order chi connectivity index (χ1) is 10.6. The number of carbonyl (C=O) groups excluding carboxylic acids is 3. The number of ether oxygens (including phenoxy) is 1. The third-order valence-electron chi connectivity index (χ3n) is 2.70. The second-order valence-electron chi connectivity index (χ2n) is 4.41. The van der Waals surface area contributed by atoms with Gasteiger partial charge in [-0.3, -0.25) is 14.6 Å². The Morgan fingerprint density at radius 3 is 2.59 bits per heavy atom. The van der Waals surface area contributed by atoms with Crippen molar-refractivity contribution in [2.24, 2.45) is 0 Å². The summed E-state index contributed by atoms with van der Waals surface area (Å²) >= 11 is 1.26. The highest BCUT2D eigenvalue weighted by Crippen LogP contribution is 2.17. The van der Waals surface area contributed by atoms with E-state index in [1.54, 1.807) is 12.1 Å². The van der Waals surface area contributed by atoms with Gasteiger partial charge in [-0.1, -0.05) is 0 Å². The van der Waals surface area contributed by atoms with Gasteiger partial charge in [-0.15, -0.1) is 11.3 Å². The molecule has 2 aromatic rings. The molecule has 2 heterocycles. The van der Waals surface area contributed by atoms with Crippen LogP contribution in [-0.2, 0) is 16.1 Å². The maximum Gasteiger partial charge on any atom is 0.338 e. The van der Waals surface area contributed by atoms with Crippen molar-refractivity contribution < 1.29 is 19.1 Å². The minimum Gasteiger partial charge on any atom is -0.454 e. The molecule has 22 heavy (non-hydrogen) atoms. The van der Waals surface area contributed by atoms with Gasteiger partial charge in [0.2, 0.25) is 11.7 Å². The number of nitrogens with zero attached hydrogens (tertiary/aromatic N) is 1. The molecule has 1 amide bonds. The third-order valence-corrected chi connectivity index (χ3v) is 3.82. The molecule has 0 fully saturated rings. The summed E-state index contributed by atoms with van der Waals surface area (Å²) in [6, 6.07) is 6.45. The van der Waals surface area contributed by atoms with Crippen molar-refractivity contribution in [3.8, 4) is 0 Å². The summed E-state index contributed by atoms with van der Waals surface area (Å²) in [6.07, 6.45) is 2.96. The van der Waals surface area contributed by atoms with Crippen LogP contribution in [-0.4, -0.2) is 29.3 Å². The predicted octanol–water partition coefficient (Wildman–Crippen LogP) is 1.82. The number of nitrogens with one attached hydrogen (secondary N) is 1. The fourth-order valence-electron chi connectivity index (χ4n) is 1.61. The molecule has 0 radical (unpaired) electrons. The Kier molecular flexibility index (Phi) is 5.37. The van der Waals surface area contributed by atoms with Crippen molar-refractivity contribution >= 4 is 29.0 Å². The van der Waals surface area contributed by atoms with E-state index in [9.17, 15) is 14.4 Å². The number of aromatic nitrogens is 1. The van der Waals surface area contributed by atoms with Gasteiger partial charge in [0.05, 0.1) is 17.0 Å². The Bertz CT molecular complexity index is 682. The zero-order chi connectivity index (χ0) is 15.9. The molecule has 0 aromatic carbocycles. The smallest absolute Gasteiger partial charge is 0.338 e. The molecule has 0 aliphatic carbocycles. The lowest BCUT2D eigenvalue weighted by molar-refractivity contribution is -0.119. The number of Topliss-reactive ketones (excluding diaryl/α,β-unsaturated/α-hetero) is 1. The first-order valence-corrected chi connectivity index (χ1v) is 7.31. The number of esters is 1. The Morgan fingerprint density at radius 2 is 1.91 bits per heavy atom. The van der Waals surface area contributed by atoms with Gasteiger partial charge in [0.25, 0.3) is 0 Å². The molecule has 0 atom stereocenters. The summed E-state index contributed by atoms with van der Waals surface area (Å²) in [4.78, 5) is 39.7. The Balaban J connectivity index is 1.87. The zero-order valence-electron chi connectivity index (χ0n) is 11.9. The van der Waals surface area contributed by atoms with Crippen LogP contribution in [0.1, 0.15) is 31.8 Å². The number of amides is 1. The monoisotopic (exact) mass is 318 g/mol. The van der Waals surface area contributed by atoms with Crippen LogP contribution >= 0.6 is 11.3 Å². The van der Waals surface area contributed by atoms with Crippen molar-refractivity contribution in [2.75, 3.05) is 6.61 Å². The van der Waals surface area contributed by atoms with E-state index < -0.39 is 5.97 Å². The van der Waals surface area contributed by atoms with E-state index in [0.717, 1.165) is 4.88 Å².